The third-order valence-corrected chi connectivity index (χ3v) is 2.89. The van der Waals surface area contributed by atoms with Crippen molar-refractivity contribution in [2.75, 3.05) is 26.8 Å². The van der Waals surface area contributed by atoms with Crippen LogP contribution in [-0.4, -0.2) is 26.8 Å². The third-order valence-electron chi connectivity index (χ3n) is 2.89. The molecule has 0 aliphatic heterocycles. The molecule has 0 aromatic heterocycles. The first-order chi connectivity index (χ1) is 9.71. The molecule has 0 unspecified atom stereocenters. The number of ether oxygens (including phenoxy) is 2. The van der Waals surface area contributed by atoms with Crippen molar-refractivity contribution in [3.05, 3.63) is 29.3 Å². The summed E-state index contributed by atoms with van der Waals surface area (Å²) in [4.78, 5) is 0. The Balaban J connectivity index is 2.76. The summed E-state index contributed by atoms with van der Waals surface area (Å²) in [6, 6.07) is 6.06. The normalized spacial score (nSPS) is 11.5. The van der Waals surface area contributed by atoms with Gasteiger partial charge in [-0.05, 0) is 44.0 Å². The number of hydrogen-bond donors (Lipinski definition) is 1. The van der Waals surface area contributed by atoms with Crippen LogP contribution in [0.5, 0.6) is 11.5 Å². The van der Waals surface area contributed by atoms with Crippen molar-refractivity contribution >= 4 is 6.08 Å². The molecule has 0 radical (unpaired) electrons. The number of methoxy groups -OCH3 is 1. The topological polar surface area (TPSA) is 30.5 Å². The fraction of sp³-hybridized carbons (Fsp3) is 0.529. The van der Waals surface area contributed by atoms with Crippen LogP contribution in [0.15, 0.2) is 23.8 Å². The van der Waals surface area contributed by atoms with E-state index in [-0.39, 0.29) is 0 Å². The van der Waals surface area contributed by atoms with Gasteiger partial charge >= 0.3 is 0 Å². The van der Waals surface area contributed by atoms with Crippen molar-refractivity contribution in [3.8, 4) is 11.5 Å². The van der Waals surface area contributed by atoms with Gasteiger partial charge in [0.1, 0.15) is 0 Å². The molecular weight excluding hydrogens is 250 g/mol. The lowest BCUT2D eigenvalue weighted by Gasteiger charge is -2.11. The second-order valence-electron chi connectivity index (χ2n) is 4.93. The Morgan fingerprint density at radius 1 is 1.20 bits per heavy atom. The summed E-state index contributed by atoms with van der Waals surface area (Å²) < 4.78 is 11.1. The van der Waals surface area contributed by atoms with Crippen LogP contribution < -0.4 is 14.8 Å². The average Bonchev–Trinajstić information content (AvgIpc) is 2.45. The zero-order valence-corrected chi connectivity index (χ0v) is 13.2. The zero-order valence-electron chi connectivity index (χ0n) is 13.2. The van der Waals surface area contributed by atoms with Crippen LogP contribution >= 0.6 is 0 Å². The van der Waals surface area contributed by atoms with E-state index in [1.54, 1.807) is 7.11 Å². The van der Waals surface area contributed by atoms with Crippen LogP contribution in [0.3, 0.4) is 0 Å². The van der Waals surface area contributed by atoms with E-state index < -0.39 is 0 Å². The molecule has 20 heavy (non-hydrogen) atoms. The van der Waals surface area contributed by atoms with Gasteiger partial charge in [-0.1, -0.05) is 31.6 Å². The highest BCUT2D eigenvalue weighted by molar-refractivity contribution is 5.58. The van der Waals surface area contributed by atoms with Crippen LogP contribution in [0.4, 0.5) is 0 Å². The number of hydrogen-bond acceptors (Lipinski definition) is 3. The van der Waals surface area contributed by atoms with Crippen molar-refractivity contribution in [2.45, 2.75) is 33.6 Å². The Labute approximate surface area is 123 Å². The minimum atomic E-state index is 0.709. The van der Waals surface area contributed by atoms with E-state index in [9.17, 15) is 0 Å². The summed E-state index contributed by atoms with van der Waals surface area (Å²) in [7, 11) is 1.67. The van der Waals surface area contributed by atoms with Gasteiger partial charge in [-0.25, -0.2) is 0 Å². The molecule has 0 bridgehead atoms. The van der Waals surface area contributed by atoms with Gasteiger partial charge in [-0.3, -0.25) is 0 Å². The zero-order chi connectivity index (χ0) is 14.8. The first-order valence-corrected chi connectivity index (χ1v) is 7.40. The smallest absolute Gasteiger partial charge is 0.161 e. The highest BCUT2D eigenvalue weighted by Crippen LogP contribution is 2.29. The lowest BCUT2D eigenvalue weighted by atomic mass is 10.1. The molecule has 0 saturated heterocycles. The molecule has 0 heterocycles. The molecule has 1 N–H and O–H groups in total. The lowest BCUT2D eigenvalue weighted by Crippen LogP contribution is -2.16. The lowest BCUT2D eigenvalue weighted by molar-refractivity contribution is 0.294. The van der Waals surface area contributed by atoms with Crippen molar-refractivity contribution in [1.82, 2.24) is 5.32 Å². The second-order valence-corrected chi connectivity index (χ2v) is 4.93. The molecule has 0 fully saturated rings. The molecule has 0 spiro atoms. The van der Waals surface area contributed by atoms with Gasteiger partial charge in [-0.15, -0.1) is 0 Å². The number of benzene rings is 1. The summed E-state index contributed by atoms with van der Waals surface area (Å²) in [5.74, 6) is 1.61. The number of nitrogens with one attached hydrogen (secondary N) is 1. The fourth-order valence-corrected chi connectivity index (χ4v) is 1.91. The number of rotatable bonds is 9. The van der Waals surface area contributed by atoms with E-state index in [4.69, 9.17) is 9.47 Å². The Kier molecular flexibility index (Phi) is 7.81. The van der Waals surface area contributed by atoms with Gasteiger partial charge in [-0.2, -0.15) is 0 Å². The summed E-state index contributed by atoms with van der Waals surface area (Å²) in [6.45, 7) is 9.09. The van der Waals surface area contributed by atoms with E-state index in [0.717, 1.165) is 43.0 Å². The molecule has 1 aromatic rings. The van der Waals surface area contributed by atoms with Gasteiger partial charge in [0, 0.05) is 6.54 Å². The van der Waals surface area contributed by atoms with Crippen molar-refractivity contribution < 1.29 is 9.47 Å². The molecule has 0 atom stereocenters. The van der Waals surface area contributed by atoms with Gasteiger partial charge in [0.25, 0.3) is 0 Å². The van der Waals surface area contributed by atoms with Gasteiger partial charge in [0.05, 0.1) is 13.7 Å². The first-order valence-electron chi connectivity index (χ1n) is 7.40. The Morgan fingerprint density at radius 3 is 2.65 bits per heavy atom. The van der Waals surface area contributed by atoms with Gasteiger partial charge in [0.2, 0.25) is 0 Å². The van der Waals surface area contributed by atoms with Crippen LogP contribution in [0.1, 0.15) is 39.2 Å². The maximum Gasteiger partial charge on any atom is 0.161 e. The summed E-state index contributed by atoms with van der Waals surface area (Å²) in [5, 5.41) is 3.40. The van der Waals surface area contributed by atoms with Crippen molar-refractivity contribution in [1.29, 1.82) is 0 Å². The van der Waals surface area contributed by atoms with Crippen molar-refractivity contribution in [2.24, 2.45) is 0 Å². The molecule has 0 amide bonds. The van der Waals surface area contributed by atoms with E-state index >= 15 is 0 Å². The summed E-state index contributed by atoms with van der Waals surface area (Å²) in [5.41, 5.74) is 2.46. The molecule has 1 aromatic carbocycles. The maximum absolute atomic E-state index is 5.73. The average molecular weight is 277 g/mol. The quantitative estimate of drug-likeness (QED) is 0.695. The highest BCUT2D eigenvalue weighted by Gasteiger charge is 2.04. The predicted octanol–water partition coefficient (Wildman–Crippen LogP) is 3.89. The maximum atomic E-state index is 5.73. The fourth-order valence-electron chi connectivity index (χ4n) is 1.91. The summed E-state index contributed by atoms with van der Waals surface area (Å²) >= 11 is 0. The van der Waals surface area contributed by atoms with E-state index in [1.807, 2.05) is 12.1 Å². The van der Waals surface area contributed by atoms with Crippen LogP contribution in [-0.2, 0) is 0 Å². The molecule has 0 aliphatic rings. The van der Waals surface area contributed by atoms with Crippen molar-refractivity contribution in [3.63, 3.8) is 0 Å². The van der Waals surface area contributed by atoms with Crippen LogP contribution in [0.2, 0.25) is 0 Å². The SMILES string of the molecule is CCCNCC(C)=Cc1ccc(OC)c(OCCC)c1. The minimum Gasteiger partial charge on any atom is -0.493 e. The third kappa shape index (κ3) is 5.66. The molecule has 0 aliphatic carbocycles. The first kappa shape index (κ1) is 16.6. The Hall–Kier alpha value is -1.48. The molecular formula is C17H27NO2. The van der Waals surface area contributed by atoms with E-state index in [0.29, 0.717) is 6.61 Å². The second kappa shape index (κ2) is 9.43. The van der Waals surface area contributed by atoms with Gasteiger partial charge in [0.15, 0.2) is 11.5 Å². The Morgan fingerprint density at radius 2 is 2.00 bits per heavy atom. The molecule has 1 rings (SSSR count). The predicted molar refractivity (Wildman–Crippen MR) is 85.6 cm³/mol. The molecule has 112 valence electrons. The molecule has 3 heteroatoms. The minimum absolute atomic E-state index is 0.709. The van der Waals surface area contributed by atoms with Crippen LogP contribution in [0.25, 0.3) is 6.08 Å². The van der Waals surface area contributed by atoms with E-state index in [2.05, 4.69) is 38.2 Å². The standard InChI is InChI=1S/C17H27NO2/c1-5-9-18-13-14(3)11-15-7-8-16(19-4)17(12-15)20-10-6-2/h7-8,11-12,18H,5-6,9-10,13H2,1-4H3. The summed E-state index contributed by atoms with van der Waals surface area (Å²) in [6.07, 6.45) is 4.33. The van der Waals surface area contributed by atoms with E-state index in [1.165, 1.54) is 5.57 Å². The highest BCUT2D eigenvalue weighted by atomic mass is 16.5. The molecule has 3 nitrogen and oxygen atoms in total. The molecule has 0 saturated carbocycles. The monoisotopic (exact) mass is 277 g/mol. The largest absolute Gasteiger partial charge is 0.493 e. The van der Waals surface area contributed by atoms with Crippen LogP contribution in [0, 0.1) is 0 Å². The van der Waals surface area contributed by atoms with Gasteiger partial charge < -0.3 is 14.8 Å². The Bertz CT molecular complexity index is 427.